The van der Waals surface area contributed by atoms with Crippen LogP contribution in [0.5, 0.6) is 5.75 Å². The maximum atomic E-state index is 5.48. The number of nitrogens with zero attached hydrogens (tertiary/aromatic N) is 3. The molecule has 0 aliphatic carbocycles. The summed E-state index contributed by atoms with van der Waals surface area (Å²) in [7, 11) is 1.73. The molecular weight excluding hydrogens is 262 g/mol. The van der Waals surface area contributed by atoms with Crippen LogP contribution in [0.15, 0.2) is 48.8 Å². The lowest BCUT2D eigenvalue weighted by atomic mass is 10.1. The van der Waals surface area contributed by atoms with Gasteiger partial charge in [0.2, 0.25) is 0 Å². The molecule has 0 amide bonds. The second-order valence-corrected chi connectivity index (χ2v) is 5.37. The number of rotatable bonds is 3. The van der Waals surface area contributed by atoms with Crippen molar-refractivity contribution in [2.24, 2.45) is 0 Å². The van der Waals surface area contributed by atoms with E-state index in [1.807, 2.05) is 24.5 Å². The van der Waals surface area contributed by atoms with Crippen LogP contribution in [0.1, 0.15) is 6.92 Å². The third kappa shape index (κ3) is 2.79. The molecule has 0 spiro atoms. The van der Waals surface area contributed by atoms with Crippen LogP contribution in [-0.2, 0) is 0 Å². The van der Waals surface area contributed by atoms with Gasteiger partial charge in [0.15, 0.2) is 0 Å². The molecule has 4 nitrogen and oxygen atoms in total. The number of ether oxygens (including phenoxy) is 1. The molecule has 2 aromatic rings. The van der Waals surface area contributed by atoms with Gasteiger partial charge in [-0.25, -0.2) is 0 Å². The average molecular weight is 283 g/mol. The summed E-state index contributed by atoms with van der Waals surface area (Å²) in [4.78, 5) is 8.94. The molecule has 4 heteroatoms. The van der Waals surface area contributed by atoms with E-state index < -0.39 is 0 Å². The van der Waals surface area contributed by atoms with E-state index in [0.29, 0.717) is 6.04 Å². The lowest BCUT2D eigenvalue weighted by Crippen LogP contribution is -2.52. The Bertz CT molecular complexity index is 588. The first-order chi connectivity index (χ1) is 10.3. The minimum Gasteiger partial charge on any atom is -0.495 e. The third-order valence-electron chi connectivity index (χ3n) is 4.05. The number of pyridine rings is 1. The smallest absolute Gasteiger partial charge is 0.142 e. The number of benzene rings is 1. The van der Waals surface area contributed by atoms with E-state index in [2.05, 4.69) is 46.0 Å². The van der Waals surface area contributed by atoms with Crippen molar-refractivity contribution in [2.45, 2.75) is 13.0 Å². The molecule has 2 heterocycles. The van der Waals surface area contributed by atoms with Crippen molar-refractivity contribution in [2.75, 3.05) is 36.5 Å². The zero-order chi connectivity index (χ0) is 14.7. The molecule has 1 aliphatic rings. The molecule has 21 heavy (non-hydrogen) atoms. The Balaban J connectivity index is 1.77. The lowest BCUT2D eigenvalue weighted by Gasteiger charge is -2.42. The predicted molar refractivity (Wildman–Crippen MR) is 86.3 cm³/mol. The van der Waals surface area contributed by atoms with Crippen LogP contribution < -0.4 is 14.5 Å². The highest BCUT2D eigenvalue weighted by molar-refractivity contribution is 5.60. The summed E-state index contributed by atoms with van der Waals surface area (Å²) < 4.78 is 5.48. The summed E-state index contributed by atoms with van der Waals surface area (Å²) in [6.07, 6.45) is 3.71. The zero-order valence-electron chi connectivity index (χ0n) is 12.6. The summed E-state index contributed by atoms with van der Waals surface area (Å²) in [5, 5.41) is 0. The van der Waals surface area contributed by atoms with E-state index in [1.165, 1.54) is 11.4 Å². The summed E-state index contributed by atoms with van der Waals surface area (Å²) >= 11 is 0. The molecule has 1 aromatic carbocycles. The molecule has 0 N–H and O–H groups in total. The first kappa shape index (κ1) is 13.7. The number of methoxy groups -OCH3 is 1. The fourth-order valence-electron chi connectivity index (χ4n) is 2.99. The molecule has 1 aliphatic heterocycles. The molecule has 1 atom stereocenters. The van der Waals surface area contributed by atoms with Gasteiger partial charge in [0, 0.05) is 43.8 Å². The highest BCUT2D eigenvalue weighted by Gasteiger charge is 2.25. The first-order valence-electron chi connectivity index (χ1n) is 7.34. The van der Waals surface area contributed by atoms with Gasteiger partial charge in [-0.3, -0.25) is 4.98 Å². The SMILES string of the molecule is COc1ccccc1N1CCN(c2ccncc2)C(C)C1. The number of aromatic nitrogens is 1. The summed E-state index contributed by atoms with van der Waals surface area (Å²) in [6.45, 7) is 5.25. The van der Waals surface area contributed by atoms with Gasteiger partial charge in [-0.05, 0) is 31.2 Å². The topological polar surface area (TPSA) is 28.6 Å². The van der Waals surface area contributed by atoms with Gasteiger partial charge in [0.25, 0.3) is 0 Å². The van der Waals surface area contributed by atoms with Crippen molar-refractivity contribution in [3.8, 4) is 5.75 Å². The Morgan fingerprint density at radius 2 is 1.86 bits per heavy atom. The van der Waals surface area contributed by atoms with Gasteiger partial charge in [0.1, 0.15) is 5.75 Å². The molecular formula is C17H21N3O. The number of piperazine rings is 1. The van der Waals surface area contributed by atoms with Crippen LogP contribution in [0.25, 0.3) is 0 Å². The standard InChI is InChI=1S/C17H21N3O/c1-14-13-19(16-5-3-4-6-17(16)21-2)11-12-20(14)15-7-9-18-10-8-15/h3-10,14H,11-13H2,1-2H3. The van der Waals surface area contributed by atoms with Crippen LogP contribution in [0, 0.1) is 0 Å². The van der Waals surface area contributed by atoms with E-state index in [9.17, 15) is 0 Å². The minimum absolute atomic E-state index is 0.450. The highest BCUT2D eigenvalue weighted by atomic mass is 16.5. The summed E-state index contributed by atoms with van der Waals surface area (Å²) in [5.41, 5.74) is 2.43. The molecule has 1 unspecified atom stereocenters. The molecule has 3 rings (SSSR count). The molecule has 1 saturated heterocycles. The largest absolute Gasteiger partial charge is 0.495 e. The monoisotopic (exact) mass is 283 g/mol. The van der Waals surface area contributed by atoms with Crippen LogP contribution in [0.2, 0.25) is 0 Å². The average Bonchev–Trinajstić information content (AvgIpc) is 2.55. The second-order valence-electron chi connectivity index (χ2n) is 5.37. The van der Waals surface area contributed by atoms with Crippen molar-refractivity contribution in [3.05, 3.63) is 48.8 Å². The quantitative estimate of drug-likeness (QED) is 0.866. The maximum absolute atomic E-state index is 5.48. The van der Waals surface area contributed by atoms with Crippen LogP contribution in [0.4, 0.5) is 11.4 Å². The number of hydrogen-bond acceptors (Lipinski definition) is 4. The van der Waals surface area contributed by atoms with E-state index in [4.69, 9.17) is 4.74 Å². The van der Waals surface area contributed by atoms with Crippen molar-refractivity contribution in [3.63, 3.8) is 0 Å². The molecule has 0 radical (unpaired) electrons. The first-order valence-corrected chi connectivity index (χ1v) is 7.34. The van der Waals surface area contributed by atoms with E-state index in [-0.39, 0.29) is 0 Å². The summed E-state index contributed by atoms with van der Waals surface area (Å²) in [5.74, 6) is 0.946. The minimum atomic E-state index is 0.450. The van der Waals surface area contributed by atoms with Crippen LogP contribution >= 0.6 is 0 Å². The molecule has 0 saturated carbocycles. The maximum Gasteiger partial charge on any atom is 0.142 e. The zero-order valence-corrected chi connectivity index (χ0v) is 12.6. The highest BCUT2D eigenvalue weighted by Crippen LogP contribution is 2.30. The number of para-hydroxylation sites is 2. The molecule has 0 bridgehead atoms. The van der Waals surface area contributed by atoms with Crippen LogP contribution in [-0.4, -0.2) is 37.8 Å². The number of anilines is 2. The van der Waals surface area contributed by atoms with Gasteiger partial charge in [-0.15, -0.1) is 0 Å². The van der Waals surface area contributed by atoms with Crippen molar-refractivity contribution < 1.29 is 4.74 Å². The van der Waals surface area contributed by atoms with E-state index >= 15 is 0 Å². The van der Waals surface area contributed by atoms with Crippen molar-refractivity contribution in [1.82, 2.24) is 4.98 Å². The van der Waals surface area contributed by atoms with Crippen LogP contribution in [0.3, 0.4) is 0 Å². The molecule has 1 aromatic heterocycles. The van der Waals surface area contributed by atoms with Crippen molar-refractivity contribution >= 4 is 11.4 Å². The van der Waals surface area contributed by atoms with Gasteiger partial charge in [-0.1, -0.05) is 12.1 Å². The Kier molecular flexibility index (Phi) is 3.95. The normalized spacial score (nSPS) is 18.7. The Morgan fingerprint density at radius 1 is 1.10 bits per heavy atom. The Morgan fingerprint density at radius 3 is 2.57 bits per heavy atom. The molecule has 110 valence electrons. The Hall–Kier alpha value is -2.23. The van der Waals surface area contributed by atoms with Crippen molar-refractivity contribution in [1.29, 1.82) is 0 Å². The van der Waals surface area contributed by atoms with E-state index in [0.717, 1.165) is 25.4 Å². The van der Waals surface area contributed by atoms with Gasteiger partial charge in [-0.2, -0.15) is 0 Å². The predicted octanol–water partition coefficient (Wildman–Crippen LogP) is 2.81. The molecule has 1 fully saturated rings. The van der Waals surface area contributed by atoms with Gasteiger partial charge in [0.05, 0.1) is 12.8 Å². The van der Waals surface area contributed by atoms with Gasteiger partial charge >= 0.3 is 0 Å². The Labute approximate surface area is 126 Å². The van der Waals surface area contributed by atoms with Gasteiger partial charge < -0.3 is 14.5 Å². The third-order valence-corrected chi connectivity index (χ3v) is 4.05. The lowest BCUT2D eigenvalue weighted by molar-refractivity contribution is 0.412. The fraction of sp³-hybridized carbons (Fsp3) is 0.353. The van der Waals surface area contributed by atoms with E-state index in [1.54, 1.807) is 7.11 Å². The fourth-order valence-corrected chi connectivity index (χ4v) is 2.99. The second kappa shape index (κ2) is 6.04. The summed E-state index contributed by atoms with van der Waals surface area (Å²) in [6, 6.07) is 12.8. The number of hydrogen-bond donors (Lipinski definition) is 0.